The molecule has 3 rings (SSSR count). The van der Waals surface area contributed by atoms with E-state index >= 15 is 0 Å². The fourth-order valence-corrected chi connectivity index (χ4v) is 2.61. The van der Waals surface area contributed by atoms with Gasteiger partial charge < -0.3 is 9.88 Å². The van der Waals surface area contributed by atoms with Gasteiger partial charge in [0.2, 0.25) is 0 Å². The van der Waals surface area contributed by atoms with Crippen molar-refractivity contribution in [2.24, 2.45) is 0 Å². The molecule has 0 radical (unpaired) electrons. The second-order valence-corrected chi connectivity index (χ2v) is 4.76. The third kappa shape index (κ3) is 1.89. The van der Waals surface area contributed by atoms with E-state index in [0.29, 0.717) is 0 Å². The van der Waals surface area contributed by atoms with Gasteiger partial charge in [-0.3, -0.25) is 0 Å². The average molecular weight is 296 g/mol. The van der Waals surface area contributed by atoms with E-state index in [-0.39, 0.29) is 5.82 Å². The molecule has 1 aliphatic heterocycles. The lowest BCUT2D eigenvalue weighted by molar-refractivity contribution is 0.518. The Kier molecular flexibility index (Phi) is 2.72. The molecule has 0 saturated heterocycles. The first-order valence-electron chi connectivity index (χ1n) is 5.47. The number of halogens is 2. The summed E-state index contributed by atoms with van der Waals surface area (Å²) in [4.78, 5) is 4.51. The number of fused-ring (bicyclic) bond motifs is 1. The molecule has 0 fully saturated rings. The minimum Gasteiger partial charge on any atom is -0.325 e. The van der Waals surface area contributed by atoms with E-state index in [0.717, 1.165) is 41.3 Å². The van der Waals surface area contributed by atoms with E-state index in [2.05, 4.69) is 30.8 Å². The highest BCUT2D eigenvalue weighted by Crippen LogP contribution is 2.27. The molecule has 0 aliphatic carbocycles. The van der Waals surface area contributed by atoms with Crippen LogP contribution >= 0.6 is 15.9 Å². The van der Waals surface area contributed by atoms with E-state index in [9.17, 15) is 4.39 Å². The van der Waals surface area contributed by atoms with Crippen molar-refractivity contribution < 1.29 is 4.39 Å². The van der Waals surface area contributed by atoms with Gasteiger partial charge in [0.1, 0.15) is 16.2 Å². The van der Waals surface area contributed by atoms with Gasteiger partial charge in [0.05, 0.1) is 5.69 Å². The highest BCUT2D eigenvalue weighted by atomic mass is 79.9. The van der Waals surface area contributed by atoms with Crippen LogP contribution in [0, 0.1) is 5.82 Å². The highest BCUT2D eigenvalue weighted by molar-refractivity contribution is 9.10. The molecule has 1 aromatic carbocycles. The Morgan fingerprint density at radius 3 is 2.82 bits per heavy atom. The summed E-state index contributed by atoms with van der Waals surface area (Å²) in [7, 11) is 0. The van der Waals surface area contributed by atoms with Crippen molar-refractivity contribution in [2.75, 3.05) is 6.54 Å². The molecule has 1 aromatic heterocycles. The van der Waals surface area contributed by atoms with Crippen molar-refractivity contribution in [3.8, 4) is 11.4 Å². The molecule has 2 aromatic rings. The van der Waals surface area contributed by atoms with Gasteiger partial charge in [0, 0.05) is 25.2 Å². The van der Waals surface area contributed by atoms with Crippen LogP contribution in [0.15, 0.2) is 28.9 Å². The number of hydrogen-bond acceptors (Lipinski definition) is 2. The van der Waals surface area contributed by atoms with E-state index in [1.54, 1.807) is 12.1 Å². The average Bonchev–Trinajstić information content (AvgIpc) is 2.69. The maximum absolute atomic E-state index is 12.9. The number of aromatic nitrogens is 2. The third-order valence-electron chi connectivity index (χ3n) is 2.93. The normalized spacial score (nSPS) is 14.7. The second-order valence-electron chi connectivity index (χ2n) is 4.01. The van der Waals surface area contributed by atoms with Gasteiger partial charge in [0.25, 0.3) is 0 Å². The van der Waals surface area contributed by atoms with Crippen LogP contribution in [0.3, 0.4) is 0 Å². The summed E-state index contributed by atoms with van der Waals surface area (Å²) >= 11 is 3.47. The van der Waals surface area contributed by atoms with E-state index in [1.807, 2.05) is 0 Å². The van der Waals surface area contributed by atoms with E-state index < -0.39 is 0 Å². The summed E-state index contributed by atoms with van der Waals surface area (Å²) in [6, 6.07) is 6.46. The minimum atomic E-state index is -0.222. The van der Waals surface area contributed by atoms with Crippen LogP contribution in [0.4, 0.5) is 4.39 Å². The van der Waals surface area contributed by atoms with Gasteiger partial charge in [-0.25, -0.2) is 9.37 Å². The Morgan fingerprint density at radius 2 is 2.06 bits per heavy atom. The zero-order valence-corrected chi connectivity index (χ0v) is 10.7. The van der Waals surface area contributed by atoms with Crippen molar-refractivity contribution in [3.63, 3.8) is 0 Å². The van der Waals surface area contributed by atoms with Crippen LogP contribution in [0.25, 0.3) is 11.4 Å². The molecule has 0 bridgehead atoms. The first-order chi connectivity index (χ1) is 8.25. The summed E-state index contributed by atoms with van der Waals surface area (Å²) in [5.74, 6) is 0.674. The van der Waals surface area contributed by atoms with Crippen LogP contribution in [0.1, 0.15) is 5.69 Å². The summed E-state index contributed by atoms with van der Waals surface area (Å²) < 4.78 is 15.9. The Labute approximate surface area is 107 Å². The molecule has 1 aliphatic rings. The standard InChI is InChI=1S/C12H11BrFN3/c13-11-10-7-15-5-6-17(10)12(16-11)8-1-3-9(14)4-2-8/h1-4,15H,5-7H2. The number of benzene rings is 1. The molecular formula is C12H11BrFN3. The zero-order valence-electron chi connectivity index (χ0n) is 9.08. The number of hydrogen-bond donors (Lipinski definition) is 1. The summed E-state index contributed by atoms with van der Waals surface area (Å²) in [5.41, 5.74) is 2.09. The maximum Gasteiger partial charge on any atom is 0.141 e. The van der Waals surface area contributed by atoms with Crippen LogP contribution in [-0.4, -0.2) is 16.1 Å². The van der Waals surface area contributed by atoms with Crippen molar-refractivity contribution in [1.82, 2.24) is 14.9 Å². The molecule has 17 heavy (non-hydrogen) atoms. The fraction of sp³-hybridized carbons (Fsp3) is 0.250. The van der Waals surface area contributed by atoms with Gasteiger partial charge in [-0.1, -0.05) is 0 Å². The quantitative estimate of drug-likeness (QED) is 0.876. The second kappa shape index (κ2) is 4.23. The van der Waals surface area contributed by atoms with E-state index in [1.165, 1.54) is 12.1 Å². The van der Waals surface area contributed by atoms with Crippen LogP contribution in [-0.2, 0) is 13.1 Å². The molecule has 5 heteroatoms. The number of nitrogens with one attached hydrogen (secondary N) is 1. The fourth-order valence-electron chi connectivity index (χ4n) is 2.08. The summed E-state index contributed by atoms with van der Waals surface area (Å²) in [6.45, 7) is 2.64. The van der Waals surface area contributed by atoms with Gasteiger partial charge in [-0.2, -0.15) is 0 Å². The molecule has 3 nitrogen and oxygen atoms in total. The van der Waals surface area contributed by atoms with Crippen molar-refractivity contribution in [3.05, 3.63) is 40.4 Å². The van der Waals surface area contributed by atoms with Crippen LogP contribution < -0.4 is 5.32 Å². The molecule has 88 valence electrons. The maximum atomic E-state index is 12.9. The van der Waals surface area contributed by atoms with Crippen LogP contribution in [0.2, 0.25) is 0 Å². The molecular weight excluding hydrogens is 285 g/mol. The van der Waals surface area contributed by atoms with Gasteiger partial charge in [-0.05, 0) is 40.2 Å². The lowest BCUT2D eigenvalue weighted by atomic mass is 10.2. The molecule has 0 spiro atoms. The van der Waals surface area contributed by atoms with Crippen molar-refractivity contribution in [1.29, 1.82) is 0 Å². The Morgan fingerprint density at radius 1 is 1.29 bits per heavy atom. The molecule has 1 N–H and O–H groups in total. The Bertz CT molecular complexity index is 548. The van der Waals surface area contributed by atoms with Gasteiger partial charge >= 0.3 is 0 Å². The summed E-state index contributed by atoms with van der Waals surface area (Å²) in [5, 5.41) is 3.30. The third-order valence-corrected chi connectivity index (χ3v) is 3.57. The predicted molar refractivity (Wildman–Crippen MR) is 67.0 cm³/mol. The van der Waals surface area contributed by atoms with Crippen LogP contribution in [0.5, 0.6) is 0 Å². The molecule has 0 atom stereocenters. The van der Waals surface area contributed by atoms with E-state index in [4.69, 9.17) is 0 Å². The largest absolute Gasteiger partial charge is 0.325 e. The lowest BCUT2D eigenvalue weighted by Crippen LogP contribution is -2.28. The summed E-state index contributed by atoms with van der Waals surface area (Å²) in [6.07, 6.45) is 0. The number of imidazole rings is 1. The van der Waals surface area contributed by atoms with Crippen molar-refractivity contribution >= 4 is 15.9 Å². The molecule has 0 saturated carbocycles. The minimum absolute atomic E-state index is 0.222. The topological polar surface area (TPSA) is 29.9 Å². The predicted octanol–water partition coefficient (Wildman–Crippen LogP) is 2.55. The highest BCUT2D eigenvalue weighted by Gasteiger charge is 2.18. The lowest BCUT2D eigenvalue weighted by Gasteiger charge is -2.18. The smallest absolute Gasteiger partial charge is 0.141 e. The number of nitrogens with zero attached hydrogens (tertiary/aromatic N) is 2. The SMILES string of the molecule is Fc1ccc(-c2nc(Br)c3n2CCNC3)cc1. The van der Waals surface area contributed by atoms with Crippen molar-refractivity contribution in [2.45, 2.75) is 13.1 Å². The monoisotopic (exact) mass is 295 g/mol. The van der Waals surface area contributed by atoms with Gasteiger partial charge in [0.15, 0.2) is 0 Å². The first kappa shape index (κ1) is 10.9. The molecule has 0 unspecified atom stereocenters. The zero-order chi connectivity index (χ0) is 11.8. The van der Waals surface area contributed by atoms with Gasteiger partial charge in [-0.15, -0.1) is 0 Å². The Balaban J connectivity index is 2.11. The first-order valence-corrected chi connectivity index (χ1v) is 6.26. The Hall–Kier alpha value is -1.20. The molecule has 2 heterocycles. The molecule has 0 amide bonds. The number of rotatable bonds is 1.